The van der Waals surface area contributed by atoms with Crippen molar-refractivity contribution in [1.29, 1.82) is 0 Å². The summed E-state index contributed by atoms with van der Waals surface area (Å²) < 4.78 is 10.1. The van der Waals surface area contributed by atoms with Crippen molar-refractivity contribution in [3.63, 3.8) is 0 Å². The van der Waals surface area contributed by atoms with E-state index in [0.717, 1.165) is 19.4 Å². The highest BCUT2D eigenvalue weighted by Crippen LogP contribution is 2.37. The van der Waals surface area contributed by atoms with Gasteiger partial charge in [-0.05, 0) is 12.8 Å². The SMILES string of the molecule is COc1nc(NCC2(CCl)CCCCC2)nc(OC)n1. The van der Waals surface area contributed by atoms with Gasteiger partial charge in [0.1, 0.15) is 0 Å². The van der Waals surface area contributed by atoms with Gasteiger partial charge >= 0.3 is 12.0 Å². The Hall–Kier alpha value is -1.30. The van der Waals surface area contributed by atoms with Crippen molar-refractivity contribution >= 4 is 17.5 Å². The molecule has 0 amide bonds. The summed E-state index contributed by atoms with van der Waals surface area (Å²) in [5.74, 6) is 1.11. The quantitative estimate of drug-likeness (QED) is 0.814. The highest BCUT2D eigenvalue weighted by Gasteiger charge is 2.31. The van der Waals surface area contributed by atoms with Crippen LogP contribution in [0.5, 0.6) is 12.0 Å². The Morgan fingerprint density at radius 2 is 1.65 bits per heavy atom. The first-order chi connectivity index (χ1) is 9.71. The van der Waals surface area contributed by atoms with Crippen LogP contribution in [0.3, 0.4) is 0 Å². The molecule has 1 aliphatic rings. The Kier molecular flexibility index (Phi) is 5.23. The lowest BCUT2D eigenvalue weighted by Gasteiger charge is -2.35. The van der Waals surface area contributed by atoms with E-state index in [9.17, 15) is 0 Å². The minimum Gasteiger partial charge on any atom is -0.467 e. The first-order valence-electron chi connectivity index (χ1n) is 6.85. The fourth-order valence-corrected chi connectivity index (χ4v) is 2.89. The van der Waals surface area contributed by atoms with Gasteiger partial charge in [0.15, 0.2) is 0 Å². The van der Waals surface area contributed by atoms with Crippen LogP contribution in [0.2, 0.25) is 0 Å². The van der Waals surface area contributed by atoms with E-state index >= 15 is 0 Å². The highest BCUT2D eigenvalue weighted by atomic mass is 35.5. The molecule has 7 heteroatoms. The molecule has 0 saturated heterocycles. The van der Waals surface area contributed by atoms with Gasteiger partial charge in [-0.25, -0.2) is 0 Å². The van der Waals surface area contributed by atoms with Gasteiger partial charge in [0, 0.05) is 17.8 Å². The number of aromatic nitrogens is 3. The maximum Gasteiger partial charge on any atom is 0.324 e. The van der Waals surface area contributed by atoms with Crippen molar-refractivity contribution in [2.24, 2.45) is 5.41 Å². The number of hydrogen-bond donors (Lipinski definition) is 1. The molecule has 0 aliphatic heterocycles. The second kappa shape index (κ2) is 6.92. The van der Waals surface area contributed by atoms with Crippen LogP contribution in [0, 0.1) is 5.41 Å². The van der Waals surface area contributed by atoms with Gasteiger partial charge in [0.05, 0.1) is 14.2 Å². The lowest BCUT2D eigenvalue weighted by molar-refractivity contribution is 0.237. The molecule has 112 valence electrons. The van der Waals surface area contributed by atoms with Gasteiger partial charge in [-0.3, -0.25) is 0 Å². The summed E-state index contributed by atoms with van der Waals surface area (Å²) in [6, 6.07) is 0.478. The molecule has 0 bridgehead atoms. The largest absolute Gasteiger partial charge is 0.467 e. The number of alkyl halides is 1. The average Bonchev–Trinajstić information content (AvgIpc) is 2.53. The van der Waals surface area contributed by atoms with Crippen LogP contribution in [-0.2, 0) is 0 Å². The number of nitrogens with zero attached hydrogens (tertiary/aromatic N) is 3. The minimum absolute atomic E-state index is 0.132. The normalized spacial score (nSPS) is 17.6. The summed E-state index contributed by atoms with van der Waals surface area (Å²) in [6.45, 7) is 0.757. The van der Waals surface area contributed by atoms with Crippen molar-refractivity contribution < 1.29 is 9.47 Å². The smallest absolute Gasteiger partial charge is 0.324 e. The molecule has 20 heavy (non-hydrogen) atoms. The Morgan fingerprint density at radius 3 is 2.15 bits per heavy atom. The van der Waals surface area contributed by atoms with E-state index in [4.69, 9.17) is 21.1 Å². The molecule has 1 aliphatic carbocycles. The van der Waals surface area contributed by atoms with Crippen LogP contribution in [0.1, 0.15) is 32.1 Å². The summed E-state index contributed by atoms with van der Waals surface area (Å²) in [4.78, 5) is 12.3. The summed E-state index contributed by atoms with van der Waals surface area (Å²) in [5, 5.41) is 3.25. The number of hydrogen-bond acceptors (Lipinski definition) is 6. The van der Waals surface area contributed by atoms with Crippen LogP contribution in [0.15, 0.2) is 0 Å². The molecule has 0 spiro atoms. The Morgan fingerprint density at radius 1 is 1.05 bits per heavy atom. The van der Waals surface area contributed by atoms with Gasteiger partial charge in [0.2, 0.25) is 5.95 Å². The van der Waals surface area contributed by atoms with Crippen molar-refractivity contribution in [1.82, 2.24) is 15.0 Å². The lowest BCUT2D eigenvalue weighted by atomic mass is 9.75. The van der Waals surface area contributed by atoms with Crippen LogP contribution in [0.25, 0.3) is 0 Å². The third kappa shape index (κ3) is 3.62. The van der Waals surface area contributed by atoms with Crippen molar-refractivity contribution in [2.45, 2.75) is 32.1 Å². The molecule has 0 aromatic carbocycles. The summed E-state index contributed by atoms with van der Waals surface area (Å²) in [7, 11) is 3.03. The van der Waals surface area contributed by atoms with Crippen LogP contribution >= 0.6 is 11.6 Å². The summed E-state index contributed by atoms with van der Waals surface area (Å²) in [6.07, 6.45) is 6.05. The number of anilines is 1. The zero-order chi connectivity index (χ0) is 14.4. The maximum atomic E-state index is 6.18. The van der Waals surface area contributed by atoms with Crippen LogP contribution < -0.4 is 14.8 Å². The standard InChI is InChI=1S/C13H21ClN4O2/c1-19-11-16-10(17-12(18-11)20-2)15-9-13(8-14)6-4-3-5-7-13/h3-9H2,1-2H3,(H,15,16,17,18). The second-order valence-corrected chi connectivity index (χ2v) is 5.45. The Balaban J connectivity index is 2.05. The van der Waals surface area contributed by atoms with Gasteiger partial charge < -0.3 is 14.8 Å². The predicted octanol–water partition coefficient (Wildman–Crippen LogP) is 2.49. The van der Waals surface area contributed by atoms with E-state index < -0.39 is 0 Å². The third-order valence-corrected chi connectivity index (χ3v) is 4.35. The summed E-state index contributed by atoms with van der Waals surface area (Å²) >= 11 is 6.18. The van der Waals surface area contributed by atoms with Crippen LogP contribution in [-0.4, -0.2) is 41.6 Å². The van der Waals surface area contributed by atoms with Crippen LogP contribution in [0.4, 0.5) is 5.95 Å². The van der Waals surface area contributed by atoms with Gasteiger partial charge in [-0.2, -0.15) is 9.97 Å². The molecular weight excluding hydrogens is 280 g/mol. The molecule has 1 fully saturated rings. The maximum absolute atomic E-state index is 6.18. The van der Waals surface area contributed by atoms with Crippen molar-refractivity contribution in [2.75, 3.05) is 32.0 Å². The number of nitrogens with one attached hydrogen (secondary N) is 1. The number of rotatable bonds is 6. The zero-order valence-corrected chi connectivity index (χ0v) is 12.7. The third-order valence-electron chi connectivity index (χ3n) is 3.78. The molecule has 0 unspecified atom stereocenters. The average molecular weight is 301 g/mol. The van der Waals surface area contributed by atoms with Gasteiger partial charge in [-0.15, -0.1) is 16.6 Å². The fraction of sp³-hybridized carbons (Fsp3) is 0.769. The molecule has 1 aromatic heterocycles. The number of methoxy groups -OCH3 is 2. The Labute approximate surface area is 124 Å². The molecule has 6 nitrogen and oxygen atoms in total. The molecule has 2 rings (SSSR count). The molecule has 1 N–H and O–H groups in total. The van der Waals surface area contributed by atoms with E-state index in [1.54, 1.807) is 0 Å². The van der Waals surface area contributed by atoms with E-state index in [1.165, 1.54) is 33.5 Å². The zero-order valence-electron chi connectivity index (χ0n) is 12.0. The topological polar surface area (TPSA) is 69.2 Å². The summed E-state index contributed by atoms with van der Waals surface area (Å²) in [5.41, 5.74) is 0.132. The predicted molar refractivity (Wildman–Crippen MR) is 77.7 cm³/mol. The van der Waals surface area contributed by atoms with Crippen molar-refractivity contribution in [3.05, 3.63) is 0 Å². The lowest BCUT2D eigenvalue weighted by Crippen LogP contribution is -2.34. The monoisotopic (exact) mass is 300 g/mol. The number of ether oxygens (including phenoxy) is 2. The highest BCUT2D eigenvalue weighted by molar-refractivity contribution is 6.18. The second-order valence-electron chi connectivity index (χ2n) is 5.18. The molecule has 0 atom stereocenters. The first kappa shape index (κ1) is 15.1. The molecule has 1 aromatic rings. The Bertz CT molecular complexity index is 416. The molecule has 0 radical (unpaired) electrons. The molecule has 1 saturated carbocycles. The van der Waals surface area contributed by atoms with E-state index in [-0.39, 0.29) is 17.4 Å². The molecular formula is C13H21ClN4O2. The van der Waals surface area contributed by atoms with E-state index in [1.807, 2.05) is 0 Å². The van der Waals surface area contributed by atoms with Gasteiger partial charge in [-0.1, -0.05) is 19.3 Å². The van der Waals surface area contributed by atoms with Gasteiger partial charge in [0.25, 0.3) is 0 Å². The van der Waals surface area contributed by atoms with E-state index in [0.29, 0.717) is 11.8 Å². The van der Waals surface area contributed by atoms with E-state index in [2.05, 4.69) is 20.3 Å². The fourth-order valence-electron chi connectivity index (χ4n) is 2.53. The molecule has 1 heterocycles. The van der Waals surface area contributed by atoms with Crippen molar-refractivity contribution in [3.8, 4) is 12.0 Å². The minimum atomic E-state index is 0.132. The first-order valence-corrected chi connectivity index (χ1v) is 7.39. The number of halogens is 1.